The fraction of sp³-hybridized carbons (Fsp3) is 0.333. The molecule has 0 unspecified atom stereocenters. The van der Waals surface area contributed by atoms with Crippen molar-refractivity contribution in [2.24, 2.45) is 0 Å². The van der Waals surface area contributed by atoms with Crippen molar-refractivity contribution in [3.63, 3.8) is 0 Å². The molecule has 0 bridgehead atoms. The number of rotatable bonds is 2. The molecule has 1 saturated heterocycles. The lowest BCUT2D eigenvalue weighted by Gasteiger charge is -2.25. The topological polar surface area (TPSA) is 48.4 Å². The van der Waals surface area contributed by atoms with Gasteiger partial charge in [-0.3, -0.25) is 4.98 Å². The third kappa shape index (κ3) is 1.84. The SMILES string of the molecule is O=C(OC1COC1)c1cccnc1. The molecule has 0 aromatic carbocycles. The van der Waals surface area contributed by atoms with Crippen LogP contribution in [0.5, 0.6) is 0 Å². The number of esters is 1. The van der Waals surface area contributed by atoms with Gasteiger partial charge in [-0.2, -0.15) is 0 Å². The van der Waals surface area contributed by atoms with E-state index in [1.54, 1.807) is 18.3 Å². The van der Waals surface area contributed by atoms with Gasteiger partial charge in [-0.05, 0) is 12.1 Å². The van der Waals surface area contributed by atoms with Crippen LogP contribution in [0.15, 0.2) is 24.5 Å². The number of nitrogens with zero attached hydrogens (tertiary/aromatic N) is 1. The van der Waals surface area contributed by atoms with Crippen molar-refractivity contribution in [1.29, 1.82) is 0 Å². The van der Waals surface area contributed by atoms with Crippen LogP contribution < -0.4 is 0 Å². The normalized spacial score (nSPS) is 16.3. The van der Waals surface area contributed by atoms with Crippen LogP contribution in [-0.2, 0) is 9.47 Å². The molecular formula is C9H9NO3. The molecule has 4 heteroatoms. The highest BCUT2D eigenvalue weighted by atomic mass is 16.6. The first kappa shape index (κ1) is 8.19. The zero-order chi connectivity index (χ0) is 9.10. The van der Waals surface area contributed by atoms with Crippen molar-refractivity contribution in [3.8, 4) is 0 Å². The van der Waals surface area contributed by atoms with Gasteiger partial charge in [0.05, 0.1) is 18.8 Å². The smallest absolute Gasteiger partial charge is 0.340 e. The molecule has 0 spiro atoms. The van der Waals surface area contributed by atoms with E-state index in [-0.39, 0.29) is 12.1 Å². The first-order valence-electron chi connectivity index (χ1n) is 4.05. The third-order valence-electron chi connectivity index (χ3n) is 1.78. The average molecular weight is 179 g/mol. The standard InChI is InChI=1S/C9H9NO3/c11-9(13-8-5-12-6-8)7-2-1-3-10-4-7/h1-4,8H,5-6H2. The van der Waals surface area contributed by atoms with E-state index in [4.69, 9.17) is 9.47 Å². The van der Waals surface area contributed by atoms with Crippen LogP contribution in [0, 0.1) is 0 Å². The summed E-state index contributed by atoms with van der Waals surface area (Å²) in [6.45, 7) is 1.01. The molecule has 1 aromatic rings. The number of carbonyl (C=O) groups is 1. The number of ether oxygens (including phenoxy) is 2. The minimum absolute atomic E-state index is 0.0762. The van der Waals surface area contributed by atoms with Crippen molar-refractivity contribution in [2.75, 3.05) is 13.2 Å². The largest absolute Gasteiger partial charge is 0.454 e. The fourth-order valence-electron chi connectivity index (χ4n) is 0.985. The number of hydrogen-bond acceptors (Lipinski definition) is 4. The highest BCUT2D eigenvalue weighted by molar-refractivity contribution is 5.89. The Labute approximate surface area is 75.5 Å². The zero-order valence-corrected chi connectivity index (χ0v) is 6.97. The third-order valence-corrected chi connectivity index (χ3v) is 1.78. The van der Waals surface area contributed by atoms with Crippen LogP contribution in [0.2, 0.25) is 0 Å². The summed E-state index contributed by atoms with van der Waals surface area (Å²) in [6.07, 6.45) is 3.03. The Morgan fingerprint density at radius 3 is 3.00 bits per heavy atom. The van der Waals surface area contributed by atoms with Gasteiger partial charge in [0.2, 0.25) is 0 Å². The molecular weight excluding hydrogens is 170 g/mol. The van der Waals surface area contributed by atoms with E-state index in [1.165, 1.54) is 6.20 Å². The second-order valence-electron chi connectivity index (χ2n) is 2.81. The second-order valence-corrected chi connectivity index (χ2v) is 2.81. The van der Waals surface area contributed by atoms with Crippen LogP contribution in [-0.4, -0.2) is 30.3 Å². The van der Waals surface area contributed by atoms with E-state index >= 15 is 0 Å². The maximum absolute atomic E-state index is 11.3. The Morgan fingerprint density at radius 1 is 1.62 bits per heavy atom. The Bertz CT molecular complexity index is 295. The first-order valence-corrected chi connectivity index (χ1v) is 4.05. The van der Waals surface area contributed by atoms with Gasteiger partial charge in [0.1, 0.15) is 6.10 Å². The lowest BCUT2D eigenvalue weighted by Crippen LogP contribution is -2.37. The van der Waals surface area contributed by atoms with E-state index in [9.17, 15) is 4.79 Å². The van der Waals surface area contributed by atoms with Crippen LogP contribution in [0.4, 0.5) is 0 Å². The lowest BCUT2D eigenvalue weighted by molar-refractivity contribution is -0.103. The summed E-state index contributed by atoms with van der Waals surface area (Å²) in [5, 5.41) is 0. The van der Waals surface area contributed by atoms with Gasteiger partial charge in [-0.15, -0.1) is 0 Å². The highest BCUT2D eigenvalue weighted by Crippen LogP contribution is 2.08. The summed E-state index contributed by atoms with van der Waals surface area (Å²) in [7, 11) is 0. The van der Waals surface area contributed by atoms with Crippen LogP contribution >= 0.6 is 0 Å². The minimum atomic E-state index is -0.332. The summed E-state index contributed by atoms with van der Waals surface area (Å²) >= 11 is 0. The molecule has 68 valence electrons. The molecule has 0 radical (unpaired) electrons. The molecule has 1 aliphatic heterocycles. The number of pyridine rings is 1. The van der Waals surface area contributed by atoms with Crippen molar-refractivity contribution in [3.05, 3.63) is 30.1 Å². The lowest BCUT2D eigenvalue weighted by atomic mass is 10.3. The van der Waals surface area contributed by atoms with Gasteiger partial charge in [0.25, 0.3) is 0 Å². The predicted molar refractivity (Wildman–Crippen MR) is 44.3 cm³/mol. The maximum atomic E-state index is 11.3. The van der Waals surface area contributed by atoms with Crippen LogP contribution in [0.1, 0.15) is 10.4 Å². The summed E-state index contributed by atoms with van der Waals surface area (Å²) in [4.78, 5) is 15.2. The Morgan fingerprint density at radius 2 is 2.46 bits per heavy atom. The maximum Gasteiger partial charge on any atom is 0.340 e. The van der Waals surface area contributed by atoms with E-state index in [0.29, 0.717) is 18.8 Å². The quantitative estimate of drug-likeness (QED) is 0.625. The molecule has 13 heavy (non-hydrogen) atoms. The zero-order valence-electron chi connectivity index (χ0n) is 6.97. The number of hydrogen-bond donors (Lipinski definition) is 0. The minimum Gasteiger partial charge on any atom is -0.454 e. The Hall–Kier alpha value is -1.42. The van der Waals surface area contributed by atoms with Crippen LogP contribution in [0.3, 0.4) is 0 Å². The Kier molecular flexibility index (Phi) is 2.23. The first-order chi connectivity index (χ1) is 6.36. The molecule has 0 amide bonds. The van der Waals surface area contributed by atoms with Crippen molar-refractivity contribution in [1.82, 2.24) is 4.98 Å². The van der Waals surface area contributed by atoms with Gasteiger partial charge in [0, 0.05) is 12.4 Å². The highest BCUT2D eigenvalue weighted by Gasteiger charge is 2.23. The molecule has 2 heterocycles. The molecule has 4 nitrogen and oxygen atoms in total. The van der Waals surface area contributed by atoms with Gasteiger partial charge in [-0.1, -0.05) is 0 Å². The molecule has 1 aromatic heterocycles. The molecule has 1 aliphatic rings. The van der Waals surface area contributed by atoms with Gasteiger partial charge >= 0.3 is 5.97 Å². The summed E-state index contributed by atoms with van der Waals surface area (Å²) in [5.74, 6) is -0.332. The van der Waals surface area contributed by atoms with Crippen molar-refractivity contribution >= 4 is 5.97 Å². The van der Waals surface area contributed by atoms with E-state index < -0.39 is 0 Å². The molecule has 0 aliphatic carbocycles. The predicted octanol–water partition coefficient (Wildman–Crippen LogP) is 0.637. The van der Waals surface area contributed by atoms with Gasteiger partial charge in [0.15, 0.2) is 0 Å². The average Bonchev–Trinajstić information content (AvgIpc) is 2.12. The van der Waals surface area contributed by atoms with Gasteiger partial charge < -0.3 is 9.47 Å². The van der Waals surface area contributed by atoms with E-state index in [0.717, 1.165) is 0 Å². The molecule has 2 rings (SSSR count). The Balaban J connectivity index is 1.97. The molecule has 0 atom stereocenters. The summed E-state index contributed by atoms with van der Waals surface area (Å²) < 4.78 is 9.95. The van der Waals surface area contributed by atoms with E-state index in [1.807, 2.05) is 0 Å². The summed E-state index contributed by atoms with van der Waals surface area (Å²) in [6, 6.07) is 3.38. The van der Waals surface area contributed by atoms with Gasteiger partial charge in [-0.25, -0.2) is 4.79 Å². The molecule has 0 N–H and O–H groups in total. The fourth-order valence-corrected chi connectivity index (χ4v) is 0.985. The van der Waals surface area contributed by atoms with E-state index in [2.05, 4.69) is 4.98 Å². The van der Waals surface area contributed by atoms with Crippen molar-refractivity contribution < 1.29 is 14.3 Å². The van der Waals surface area contributed by atoms with Crippen LogP contribution in [0.25, 0.3) is 0 Å². The van der Waals surface area contributed by atoms with Crippen molar-refractivity contribution in [2.45, 2.75) is 6.10 Å². The molecule has 1 fully saturated rings. The number of carbonyl (C=O) groups excluding carboxylic acids is 1. The number of aromatic nitrogens is 1. The second kappa shape index (κ2) is 3.53. The molecule has 0 saturated carbocycles. The summed E-state index contributed by atoms with van der Waals surface area (Å²) in [5.41, 5.74) is 0.481. The monoisotopic (exact) mass is 179 g/mol.